The summed E-state index contributed by atoms with van der Waals surface area (Å²) >= 11 is 0. The second-order valence-corrected chi connectivity index (χ2v) is 3.32. The first-order valence-corrected chi connectivity index (χ1v) is 4.66. The number of benzene rings is 1. The highest BCUT2D eigenvalue weighted by atomic mass is 19.1. The zero-order chi connectivity index (χ0) is 11.4. The van der Waals surface area contributed by atoms with Crippen molar-refractivity contribution in [2.24, 2.45) is 11.5 Å². The van der Waals surface area contributed by atoms with Crippen molar-refractivity contribution in [2.75, 3.05) is 6.54 Å². The van der Waals surface area contributed by atoms with Gasteiger partial charge in [-0.25, -0.2) is 13.2 Å². The molecule has 2 nitrogen and oxygen atoms in total. The van der Waals surface area contributed by atoms with E-state index in [1.54, 1.807) is 0 Å². The van der Waals surface area contributed by atoms with Crippen LogP contribution >= 0.6 is 0 Å². The SMILES string of the molecule is NCCC[C@H](N)c1c(F)cc(F)cc1F. The van der Waals surface area contributed by atoms with Crippen LogP contribution in [0.15, 0.2) is 12.1 Å². The first kappa shape index (κ1) is 12.0. The van der Waals surface area contributed by atoms with Gasteiger partial charge in [0.25, 0.3) is 0 Å². The van der Waals surface area contributed by atoms with Gasteiger partial charge in [-0.15, -0.1) is 0 Å². The van der Waals surface area contributed by atoms with Gasteiger partial charge >= 0.3 is 0 Å². The molecule has 0 radical (unpaired) electrons. The van der Waals surface area contributed by atoms with E-state index in [-0.39, 0.29) is 5.56 Å². The molecule has 1 aromatic carbocycles. The Morgan fingerprint density at radius 2 is 1.67 bits per heavy atom. The molecule has 84 valence electrons. The van der Waals surface area contributed by atoms with E-state index in [4.69, 9.17) is 11.5 Å². The highest BCUT2D eigenvalue weighted by Gasteiger charge is 2.17. The molecule has 0 unspecified atom stereocenters. The number of rotatable bonds is 4. The van der Waals surface area contributed by atoms with E-state index in [0.717, 1.165) is 0 Å². The molecule has 1 aromatic rings. The molecule has 0 fully saturated rings. The third kappa shape index (κ3) is 2.94. The quantitative estimate of drug-likeness (QED) is 0.810. The molecule has 0 aromatic heterocycles. The molecule has 0 saturated carbocycles. The molecular weight excluding hydrogens is 205 g/mol. The van der Waals surface area contributed by atoms with E-state index in [1.807, 2.05) is 0 Å². The van der Waals surface area contributed by atoms with Crippen LogP contribution in [0.25, 0.3) is 0 Å². The fourth-order valence-corrected chi connectivity index (χ4v) is 1.39. The van der Waals surface area contributed by atoms with Crippen LogP contribution in [0.1, 0.15) is 24.4 Å². The minimum atomic E-state index is -0.947. The van der Waals surface area contributed by atoms with Crippen LogP contribution in [0.2, 0.25) is 0 Å². The van der Waals surface area contributed by atoms with Crippen molar-refractivity contribution in [3.63, 3.8) is 0 Å². The average Bonchev–Trinajstić information content (AvgIpc) is 2.12. The Kier molecular flexibility index (Phi) is 4.11. The van der Waals surface area contributed by atoms with Gasteiger partial charge in [-0.3, -0.25) is 0 Å². The van der Waals surface area contributed by atoms with E-state index in [1.165, 1.54) is 0 Å². The zero-order valence-electron chi connectivity index (χ0n) is 8.14. The summed E-state index contributed by atoms with van der Waals surface area (Å²) in [5.74, 6) is -2.84. The predicted molar refractivity (Wildman–Crippen MR) is 51.5 cm³/mol. The molecule has 0 amide bonds. The van der Waals surface area contributed by atoms with Crippen LogP contribution in [0.3, 0.4) is 0 Å². The number of halogens is 3. The Bertz CT molecular complexity index is 318. The second-order valence-electron chi connectivity index (χ2n) is 3.32. The molecule has 0 spiro atoms. The van der Waals surface area contributed by atoms with Crippen molar-refractivity contribution in [3.8, 4) is 0 Å². The molecule has 0 aliphatic rings. The minimum absolute atomic E-state index is 0.273. The molecule has 15 heavy (non-hydrogen) atoms. The molecule has 0 saturated heterocycles. The van der Waals surface area contributed by atoms with Crippen LogP contribution in [-0.4, -0.2) is 6.54 Å². The van der Waals surface area contributed by atoms with Crippen molar-refractivity contribution in [1.82, 2.24) is 0 Å². The molecule has 0 bridgehead atoms. The van der Waals surface area contributed by atoms with E-state index in [0.29, 0.717) is 31.5 Å². The lowest BCUT2D eigenvalue weighted by atomic mass is 10.0. The Morgan fingerprint density at radius 3 is 2.13 bits per heavy atom. The van der Waals surface area contributed by atoms with Crippen molar-refractivity contribution in [3.05, 3.63) is 35.1 Å². The summed E-state index contributed by atoms with van der Waals surface area (Å²) < 4.78 is 39.0. The predicted octanol–water partition coefficient (Wildman–Crippen LogP) is 1.84. The van der Waals surface area contributed by atoms with Crippen molar-refractivity contribution < 1.29 is 13.2 Å². The average molecular weight is 218 g/mol. The smallest absolute Gasteiger partial charge is 0.133 e. The van der Waals surface area contributed by atoms with Crippen molar-refractivity contribution in [1.29, 1.82) is 0 Å². The summed E-state index contributed by atoms with van der Waals surface area (Å²) in [5, 5.41) is 0. The Hall–Kier alpha value is -1.07. The largest absolute Gasteiger partial charge is 0.330 e. The van der Waals surface area contributed by atoms with Gasteiger partial charge in [0.2, 0.25) is 0 Å². The molecule has 0 aliphatic heterocycles. The Morgan fingerprint density at radius 1 is 1.13 bits per heavy atom. The summed E-state index contributed by atoms with van der Waals surface area (Å²) in [4.78, 5) is 0. The van der Waals surface area contributed by atoms with Gasteiger partial charge in [0.05, 0.1) is 0 Å². The summed E-state index contributed by atoms with van der Waals surface area (Å²) in [6, 6.07) is 0.468. The van der Waals surface area contributed by atoms with Gasteiger partial charge in [0.1, 0.15) is 17.5 Å². The monoisotopic (exact) mass is 218 g/mol. The summed E-state index contributed by atoms with van der Waals surface area (Å²) in [6.45, 7) is 0.401. The fourth-order valence-electron chi connectivity index (χ4n) is 1.39. The second kappa shape index (κ2) is 5.14. The topological polar surface area (TPSA) is 52.0 Å². The Balaban J connectivity index is 2.92. The van der Waals surface area contributed by atoms with Crippen LogP contribution < -0.4 is 11.5 Å². The van der Waals surface area contributed by atoms with Crippen molar-refractivity contribution >= 4 is 0 Å². The lowest BCUT2D eigenvalue weighted by Crippen LogP contribution is -2.16. The van der Waals surface area contributed by atoms with Gasteiger partial charge in [0, 0.05) is 23.7 Å². The van der Waals surface area contributed by atoms with Crippen LogP contribution in [0.4, 0.5) is 13.2 Å². The number of nitrogens with two attached hydrogens (primary N) is 2. The van der Waals surface area contributed by atoms with Gasteiger partial charge < -0.3 is 11.5 Å². The number of hydrogen-bond donors (Lipinski definition) is 2. The molecule has 1 rings (SSSR count). The van der Waals surface area contributed by atoms with Gasteiger partial charge in [0.15, 0.2) is 0 Å². The summed E-state index contributed by atoms with van der Waals surface area (Å²) in [5.41, 5.74) is 10.6. The maximum atomic E-state index is 13.2. The van der Waals surface area contributed by atoms with Crippen LogP contribution in [-0.2, 0) is 0 Å². The molecular formula is C10H13F3N2. The van der Waals surface area contributed by atoms with E-state index >= 15 is 0 Å². The van der Waals surface area contributed by atoms with Gasteiger partial charge in [-0.1, -0.05) is 0 Å². The van der Waals surface area contributed by atoms with E-state index in [2.05, 4.69) is 0 Å². The lowest BCUT2D eigenvalue weighted by Gasteiger charge is -2.13. The molecule has 1 atom stereocenters. The van der Waals surface area contributed by atoms with Crippen LogP contribution in [0, 0.1) is 17.5 Å². The molecule has 4 N–H and O–H groups in total. The van der Waals surface area contributed by atoms with Gasteiger partial charge in [-0.2, -0.15) is 0 Å². The van der Waals surface area contributed by atoms with E-state index < -0.39 is 23.5 Å². The van der Waals surface area contributed by atoms with Crippen LogP contribution in [0.5, 0.6) is 0 Å². The lowest BCUT2D eigenvalue weighted by molar-refractivity contribution is 0.488. The molecule has 0 heterocycles. The standard InChI is InChI=1S/C10H13F3N2/c11-6-4-7(12)10(8(13)5-6)9(15)2-1-3-14/h4-5,9H,1-3,14-15H2/t9-/m0/s1. The highest BCUT2D eigenvalue weighted by molar-refractivity contribution is 5.23. The molecule has 5 heteroatoms. The maximum absolute atomic E-state index is 13.2. The highest BCUT2D eigenvalue weighted by Crippen LogP contribution is 2.23. The molecule has 0 aliphatic carbocycles. The third-order valence-electron chi connectivity index (χ3n) is 2.13. The minimum Gasteiger partial charge on any atom is -0.330 e. The number of hydrogen-bond acceptors (Lipinski definition) is 2. The normalized spacial score (nSPS) is 12.9. The Labute approximate surface area is 86.1 Å². The first-order valence-electron chi connectivity index (χ1n) is 4.66. The summed E-state index contributed by atoms with van der Waals surface area (Å²) in [6.07, 6.45) is 0.938. The zero-order valence-corrected chi connectivity index (χ0v) is 8.14. The first-order chi connectivity index (χ1) is 7.06. The fraction of sp³-hybridized carbons (Fsp3) is 0.400. The van der Waals surface area contributed by atoms with Crippen molar-refractivity contribution in [2.45, 2.75) is 18.9 Å². The summed E-state index contributed by atoms with van der Waals surface area (Å²) in [7, 11) is 0. The van der Waals surface area contributed by atoms with E-state index in [9.17, 15) is 13.2 Å². The maximum Gasteiger partial charge on any atom is 0.133 e. The third-order valence-corrected chi connectivity index (χ3v) is 2.13. The van der Waals surface area contributed by atoms with Gasteiger partial charge in [-0.05, 0) is 19.4 Å².